The molecule has 0 spiro atoms. The van der Waals surface area contributed by atoms with E-state index in [4.69, 9.17) is 11.6 Å². The molecular formula is C18H12ClF2N5O. The summed E-state index contributed by atoms with van der Waals surface area (Å²) in [6.07, 6.45) is 2.69. The monoisotopic (exact) mass is 387 g/mol. The van der Waals surface area contributed by atoms with E-state index >= 15 is 0 Å². The molecule has 3 heterocycles. The normalized spacial score (nSPS) is 11.2. The van der Waals surface area contributed by atoms with Crippen LogP contribution < -0.4 is 5.56 Å². The lowest BCUT2D eigenvalue weighted by Gasteiger charge is -2.12. The number of pyridine rings is 1. The molecule has 0 atom stereocenters. The highest BCUT2D eigenvalue weighted by Crippen LogP contribution is 2.22. The summed E-state index contributed by atoms with van der Waals surface area (Å²) in [7, 11) is 0. The van der Waals surface area contributed by atoms with E-state index in [2.05, 4.69) is 15.1 Å². The SMILES string of the molecule is O=c1c2cnn(-c3ccc(F)cc3)c2nc(-c2cccnc2F)n1CCCl. The first kappa shape index (κ1) is 17.3. The van der Waals surface area contributed by atoms with Crippen LogP contribution in [0.25, 0.3) is 28.1 Å². The van der Waals surface area contributed by atoms with E-state index in [1.165, 1.54) is 52.0 Å². The summed E-state index contributed by atoms with van der Waals surface area (Å²) < 4.78 is 30.2. The number of rotatable bonds is 4. The zero-order valence-electron chi connectivity index (χ0n) is 13.8. The van der Waals surface area contributed by atoms with Crippen LogP contribution in [0.3, 0.4) is 0 Å². The second-order valence-corrected chi connectivity index (χ2v) is 6.07. The lowest BCUT2D eigenvalue weighted by atomic mass is 10.2. The number of halogens is 3. The fourth-order valence-corrected chi connectivity index (χ4v) is 2.99. The fraction of sp³-hybridized carbons (Fsp3) is 0.111. The first-order valence-electron chi connectivity index (χ1n) is 8.01. The van der Waals surface area contributed by atoms with E-state index < -0.39 is 17.3 Å². The van der Waals surface area contributed by atoms with Crippen LogP contribution in [0.2, 0.25) is 0 Å². The largest absolute Gasteiger partial charge is 0.291 e. The van der Waals surface area contributed by atoms with Gasteiger partial charge in [-0.3, -0.25) is 9.36 Å². The molecule has 0 aliphatic rings. The molecule has 0 saturated carbocycles. The second kappa shape index (κ2) is 6.88. The minimum atomic E-state index is -0.750. The number of alkyl halides is 1. The lowest BCUT2D eigenvalue weighted by molar-refractivity contribution is 0.583. The van der Waals surface area contributed by atoms with Crippen molar-refractivity contribution < 1.29 is 8.78 Å². The van der Waals surface area contributed by atoms with Gasteiger partial charge in [0.2, 0.25) is 5.95 Å². The molecule has 0 aliphatic carbocycles. The number of nitrogens with zero attached hydrogens (tertiary/aromatic N) is 5. The van der Waals surface area contributed by atoms with Gasteiger partial charge in [-0.25, -0.2) is 19.0 Å². The molecule has 0 bridgehead atoms. The van der Waals surface area contributed by atoms with Gasteiger partial charge >= 0.3 is 0 Å². The molecule has 9 heteroatoms. The zero-order chi connectivity index (χ0) is 19.0. The van der Waals surface area contributed by atoms with Crippen LogP contribution in [0.15, 0.2) is 53.6 Å². The summed E-state index contributed by atoms with van der Waals surface area (Å²) in [5.74, 6) is -0.901. The van der Waals surface area contributed by atoms with Crippen molar-refractivity contribution in [1.82, 2.24) is 24.3 Å². The summed E-state index contributed by atoms with van der Waals surface area (Å²) in [4.78, 5) is 21.0. The minimum absolute atomic E-state index is 0.0773. The minimum Gasteiger partial charge on any atom is -0.291 e. The third kappa shape index (κ3) is 2.97. The van der Waals surface area contributed by atoms with Crippen LogP contribution in [-0.4, -0.2) is 30.2 Å². The van der Waals surface area contributed by atoms with Gasteiger partial charge in [0.25, 0.3) is 5.56 Å². The molecule has 3 aromatic heterocycles. The first-order chi connectivity index (χ1) is 13.1. The Hall–Kier alpha value is -3.13. The van der Waals surface area contributed by atoms with Crippen LogP contribution in [0.5, 0.6) is 0 Å². The molecule has 0 aliphatic heterocycles. The van der Waals surface area contributed by atoms with Crippen molar-refractivity contribution >= 4 is 22.6 Å². The zero-order valence-corrected chi connectivity index (χ0v) is 14.6. The van der Waals surface area contributed by atoms with Crippen LogP contribution in [0, 0.1) is 11.8 Å². The summed E-state index contributed by atoms with van der Waals surface area (Å²) in [6.45, 7) is 0.148. The lowest BCUT2D eigenvalue weighted by Crippen LogP contribution is -2.24. The van der Waals surface area contributed by atoms with Crippen molar-refractivity contribution in [2.75, 3.05) is 5.88 Å². The molecule has 0 radical (unpaired) electrons. The average molecular weight is 388 g/mol. The van der Waals surface area contributed by atoms with Gasteiger partial charge in [-0.2, -0.15) is 9.49 Å². The number of hydrogen-bond donors (Lipinski definition) is 0. The number of aromatic nitrogens is 5. The molecule has 4 aromatic rings. The van der Waals surface area contributed by atoms with Crippen molar-refractivity contribution in [3.63, 3.8) is 0 Å². The van der Waals surface area contributed by atoms with Crippen LogP contribution >= 0.6 is 11.6 Å². The van der Waals surface area contributed by atoms with Gasteiger partial charge in [-0.15, -0.1) is 11.6 Å². The van der Waals surface area contributed by atoms with Gasteiger partial charge < -0.3 is 0 Å². The molecule has 27 heavy (non-hydrogen) atoms. The van der Waals surface area contributed by atoms with Crippen molar-refractivity contribution in [2.24, 2.45) is 0 Å². The highest BCUT2D eigenvalue weighted by molar-refractivity contribution is 6.17. The van der Waals surface area contributed by atoms with E-state index in [-0.39, 0.29) is 34.8 Å². The van der Waals surface area contributed by atoms with E-state index in [1.54, 1.807) is 6.07 Å². The molecule has 1 aromatic carbocycles. The van der Waals surface area contributed by atoms with E-state index in [9.17, 15) is 13.6 Å². The Balaban J connectivity index is 2.03. The Morgan fingerprint density at radius 2 is 1.89 bits per heavy atom. The Morgan fingerprint density at radius 1 is 1.11 bits per heavy atom. The van der Waals surface area contributed by atoms with Crippen molar-refractivity contribution in [3.05, 3.63) is 70.9 Å². The summed E-state index contributed by atoms with van der Waals surface area (Å²) in [5, 5.41) is 4.44. The third-order valence-corrected chi connectivity index (χ3v) is 4.24. The van der Waals surface area contributed by atoms with Crippen molar-refractivity contribution in [3.8, 4) is 17.1 Å². The van der Waals surface area contributed by atoms with Crippen LogP contribution in [0.1, 0.15) is 0 Å². The molecule has 4 rings (SSSR count). The van der Waals surface area contributed by atoms with E-state index in [0.29, 0.717) is 5.69 Å². The maximum absolute atomic E-state index is 14.3. The van der Waals surface area contributed by atoms with E-state index in [1.807, 2.05) is 0 Å². The van der Waals surface area contributed by atoms with E-state index in [0.717, 1.165) is 0 Å². The topological polar surface area (TPSA) is 65.6 Å². The standard InChI is InChI=1S/C18H12ClF2N5O/c19-7-9-25-16(13-2-1-8-22-15(13)21)24-17-14(18(25)27)10-23-26(17)12-5-3-11(20)4-6-12/h1-6,8,10H,7,9H2. The third-order valence-electron chi connectivity index (χ3n) is 4.07. The van der Waals surface area contributed by atoms with Crippen molar-refractivity contribution in [1.29, 1.82) is 0 Å². The maximum atomic E-state index is 14.3. The number of fused-ring (bicyclic) bond motifs is 1. The Kier molecular flexibility index (Phi) is 4.41. The molecule has 0 unspecified atom stereocenters. The molecule has 0 amide bonds. The molecule has 0 saturated heterocycles. The van der Waals surface area contributed by atoms with Gasteiger partial charge in [0.15, 0.2) is 5.65 Å². The van der Waals surface area contributed by atoms with Gasteiger partial charge in [0.1, 0.15) is 17.0 Å². The molecule has 6 nitrogen and oxygen atoms in total. The second-order valence-electron chi connectivity index (χ2n) is 5.69. The predicted molar refractivity (Wildman–Crippen MR) is 97.0 cm³/mol. The summed E-state index contributed by atoms with van der Waals surface area (Å²) in [5.41, 5.74) is 0.433. The van der Waals surface area contributed by atoms with Crippen molar-refractivity contribution in [2.45, 2.75) is 6.54 Å². The van der Waals surface area contributed by atoms with Crippen LogP contribution in [-0.2, 0) is 6.54 Å². The number of benzene rings is 1. The molecule has 0 N–H and O–H groups in total. The Labute approximate surface area is 156 Å². The summed E-state index contributed by atoms with van der Waals surface area (Å²) in [6, 6.07) is 8.62. The van der Waals surface area contributed by atoms with Gasteiger partial charge in [0.05, 0.1) is 17.4 Å². The molecular weight excluding hydrogens is 376 g/mol. The fourth-order valence-electron chi connectivity index (χ4n) is 2.82. The van der Waals surface area contributed by atoms with Gasteiger partial charge in [0, 0.05) is 18.6 Å². The maximum Gasteiger partial charge on any atom is 0.264 e. The average Bonchev–Trinajstić information content (AvgIpc) is 3.09. The Morgan fingerprint density at radius 3 is 2.59 bits per heavy atom. The predicted octanol–water partition coefficient (Wildman–Crippen LogP) is 3.16. The smallest absolute Gasteiger partial charge is 0.264 e. The summed E-state index contributed by atoms with van der Waals surface area (Å²) >= 11 is 5.82. The highest BCUT2D eigenvalue weighted by atomic mass is 35.5. The molecule has 0 fully saturated rings. The van der Waals surface area contributed by atoms with Gasteiger partial charge in [-0.1, -0.05) is 0 Å². The van der Waals surface area contributed by atoms with Gasteiger partial charge in [-0.05, 0) is 36.4 Å². The number of hydrogen-bond acceptors (Lipinski definition) is 4. The molecule has 136 valence electrons. The first-order valence-corrected chi connectivity index (χ1v) is 8.55. The quantitative estimate of drug-likeness (QED) is 0.398. The van der Waals surface area contributed by atoms with Crippen LogP contribution in [0.4, 0.5) is 8.78 Å². The Bertz CT molecular complexity index is 1190. The highest BCUT2D eigenvalue weighted by Gasteiger charge is 2.19.